The first-order valence-corrected chi connectivity index (χ1v) is 18.3. The van der Waals surface area contributed by atoms with Crippen molar-refractivity contribution in [1.82, 2.24) is 25.4 Å². The minimum Gasteiger partial charge on any atom is -0.370 e. The van der Waals surface area contributed by atoms with Gasteiger partial charge in [-0.05, 0) is 62.1 Å². The zero-order chi connectivity index (χ0) is 38.6. The van der Waals surface area contributed by atoms with Crippen LogP contribution in [-0.2, 0) is 25.1 Å². The van der Waals surface area contributed by atoms with E-state index in [-0.39, 0.29) is 54.7 Å². The summed E-state index contributed by atoms with van der Waals surface area (Å²) in [7, 11) is 1.91. The normalized spacial score (nSPS) is 19.9. The van der Waals surface area contributed by atoms with E-state index in [2.05, 4.69) is 15.6 Å². The number of hydrogen-bond donors (Lipinski definition) is 4. The van der Waals surface area contributed by atoms with Gasteiger partial charge in [-0.3, -0.25) is 24.0 Å². The first-order chi connectivity index (χ1) is 25.8. The molecule has 3 heterocycles. The second-order valence-corrected chi connectivity index (χ2v) is 14.6. The fourth-order valence-corrected chi connectivity index (χ4v) is 7.67. The molecule has 2 fully saturated rings. The van der Waals surface area contributed by atoms with E-state index in [0.717, 1.165) is 18.1 Å². The van der Waals surface area contributed by atoms with Crippen LogP contribution in [0.3, 0.4) is 0 Å². The number of ketones is 1. The van der Waals surface area contributed by atoms with Gasteiger partial charge in [0, 0.05) is 61.3 Å². The molecule has 0 bridgehead atoms. The van der Waals surface area contributed by atoms with E-state index in [1.807, 2.05) is 72.6 Å². The Balaban J connectivity index is 1.20. The first kappa shape index (κ1) is 38.3. The highest BCUT2D eigenvalue weighted by Gasteiger charge is 2.45. The van der Waals surface area contributed by atoms with Gasteiger partial charge in [0.15, 0.2) is 5.78 Å². The number of fused-ring (bicyclic) bond motifs is 2. The number of amides is 4. The summed E-state index contributed by atoms with van der Waals surface area (Å²) in [5, 5.41) is 6.14. The second-order valence-electron chi connectivity index (χ2n) is 14.6. The van der Waals surface area contributed by atoms with Crippen LogP contribution in [0.2, 0.25) is 0 Å². The van der Waals surface area contributed by atoms with E-state index in [4.69, 9.17) is 5.73 Å². The number of nitrogens with two attached hydrogens (primary N) is 1. The van der Waals surface area contributed by atoms with Gasteiger partial charge < -0.3 is 31.2 Å². The average molecular weight is 741 g/mol. The molecule has 4 atom stereocenters. The molecule has 6 rings (SSSR count). The molecule has 2 aliphatic heterocycles. The molecule has 0 aliphatic carbocycles. The predicted octanol–water partition coefficient (Wildman–Crippen LogP) is 4.61. The maximum atomic E-state index is 14.3. The van der Waals surface area contributed by atoms with Gasteiger partial charge >= 0.3 is 0 Å². The minimum atomic E-state index is -3.05. The number of Topliss-reactive ketones (excluding diaryl/α,β-unsaturated/α-hetero) is 1. The maximum absolute atomic E-state index is 14.3. The van der Waals surface area contributed by atoms with Crippen LogP contribution in [-0.4, -0.2) is 88.5 Å². The molecule has 0 radical (unpaired) electrons. The van der Waals surface area contributed by atoms with Crippen molar-refractivity contribution in [3.8, 4) is 0 Å². The lowest BCUT2D eigenvalue weighted by atomic mass is 9.85. The molecule has 4 aromatic rings. The van der Waals surface area contributed by atoms with Crippen molar-refractivity contribution in [3.05, 3.63) is 107 Å². The number of rotatable bonds is 13. The Morgan fingerprint density at radius 2 is 1.61 bits per heavy atom. The largest absolute Gasteiger partial charge is 0.370 e. The van der Waals surface area contributed by atoms with Crippen molar-refractivity contribution in [2.45, 2.75) is 81.5 Å². The third-order valence-electron chi connectivity index (χ3n) is 10.6. The first-order valence-electron chi connectivity index (χ1n) is 18.3. The van der Waals surface area contributed by atoms with Gasteiger partial charge in [0.05, 0.1) is 6.04 Å². The number of primary amides is 1. The van der Waals surface area contributed by atoms with Gasteiger partial charge in [0.25, 0.3) is 11.8 Å². The van der Waals surface area contributed by atoms with Crippen LogP contribution in [0.15, 0.2) is 84.9 Å². The number of H-pyrrole nitrogens is 1. The molecule has 3 aromatic carbocycles. The monoisotopic (exact) mass is 740 g/mol. The number of halogens is 2. The summed E-state index contributed by atoms with van der Waals surface area (Å²) in [5.41, 5.74) is 7.76. The summed E-state index contributed by atoms with van der Waals surface area (Å²) in [4.78, 5) is 74.4. The molecule has 0 saturated carbocycles. The van der Waals surface area contributed by atoms with E-state index in [9.17, 15) is 32.8 Å². The van der Waals surface area contributed by atoms with E-state index >= 15 is 0 Å². The molecule has 13 heteroatoms. The van der Waals surface area contributed by atoms with E-state index in [0.29, 0.717) is 36.8 Å². The summed E-state index contributed by atoms with van der Waals surface area (Å²) >= 11 is 0. The third-order valence-corrected chi connectivity index (χ3v) is 10.6. The number of hydrogen-bond acceptors (Lipinski definition) is 6. The lowest BCUT2D eigenvalue weighted by Gasteiger charge is -2.38. The molecule has 11 nitrogen and oxygen atoms in total. The highest BCUT2D eigenvalue weighted by molar-refractivity contribution is 6.01. The molecule has 284 valence electrons. The summed E-state index contributed by atoms with van der Waals surface area (Å²) in [6.07, 6.45) is 1.09. The van der Waals surface area contributed by atoms with Crippen molar-refractivity contribution in [3.63, 3.8) is 0 Å². The van der Waals surface area contributed by atoms with Gasteiger partial charge in [-0.15, -0.1) is 0 Å². The smallest absolute Gasteiger partial charge is 0.270 e. The van der Waals surface area contributed by atoms with Crippen molar-refractivity contribution in [1.29, 1.82) is 0 Å². The van der Waals surface area contributed by atoms with Gasteiger partial charge in [-0.1, -0.05) is 66.7 Å². The molecule has 0 spiro atoms. The molecule has 0 unspecified atom stereocenters. The second kappa shape index (κ2) is 16.3. The minimum absolute atomic E-state index is 0.00358. The van der Waals surface area contributed by atoms with Gasteiger partial charge in [-0.25, -0.2) is 8.78 Å². The van der Waals surface area contributed by atoms with Crippen molar-refractivity contribution in [2.24, 2.45) is 5.73 Å². The van der Waals surface area contributed by atoms with Gasteiger partial charge in [-0.2, -0.15) is 0 Å². The summed E-state index contributed by atoms with van der Waals surface area (Å²) in [6.45, 7) is 1.83. The Bertz CT molecular complexity index is 1960. The lowest BCUT2D eigenvalue weighted by Crippen LogP contribution is -2.60. The quantitative estimate of drug-likeness (QED) is 0.157. The van der Waals surface area contributed by atoms with Crippen LogP contribution in [0.5, 0.6) is 0 Å². The van der Waals surface area contributed by atoms with E-state index in [1.54, 1.807) is 0 Å². The summed E-state index contributed by atoms with van der Waals surface area (Å²) in [5.74, 6) is -5.75. The Morgan fingerprint density at radius 3 is 2.24 bits per heavy atom. The van der Waals surface area contributed by atoms with Gasteiger partial charge in [0.1, 0.15) is 17.8 Å². The summed E-state index contributed by atoms with van der Waals surface area (Å²) < 4.78 is 27.9. The number of carbonyl (C=O) groups is 5. The Hall–Kier alpha value is -5.43. The highest BCUT2D eigenvalue weighted by atomic mass is 19.3. The number of likely N-dealkylation sites (N-methyl/N-ethyl adjacent to an activating group) is 1. The predicted molar refractivity (Wildman–Crippen MR) is 200 cm³/mol. The number of aromatic amines is 1. The van der Waals surface area contributed by atoms with Crippen LogP contribution < -0.4 is 16.4 Å². The zero-order valence-electron chi connectivity index (χ0n) is 30.4. The molecular formula is C41H46F2N6O5. The number of aromatic nitrogens is 1. The van der Waals surface area contributed by atoms with Crippen LogP contribution in [0, 0.1) is 0 Å². The number of carbonyl (C=O) groups excluding carboxylic acids is 5. The average Bonchev–Trinajstić information content (AvgIpc) is 3.77. The SMILES string of the molecule is CN1CC[C@H](NC(=O)c2cc3cc(C(C)(F)F)ccc3[nH]2)C(=O)N2[C@H](CC[C@H]2C(=O)N[C@@H](CCC(N)=O)C(=O)CC(c2ccccc2)c2ccccc2)C1. The number of nitrogens with zero attached hydrogens (tertiary/aromatic N) is 2. The summed E-state index contributed by atoms with van der Waals surface area (Å²) in [6, 6.07) is 21.5. The maximum Gasteiger partial charge on any atom is 0.270 e. The van der Waals surface area contributed by atoms with Crippen molar-refractivity contribution >= 4 is 40.3 Å². The Morgan fingerprint density at radius 1 is 0.944 bits per heavy atom. The van der Waals surface area contributed by atoms with Crippen LogP contribution in [0.4, 0.5) is 8.78 Å². The molecule has 54 heavy (non-hydrogen) atoms. The fourth-order valence-electron chi connectivity index (χ4n) is 7.67. The van der Waals surface area contributed by atoms with Crippen LogP contribution >= 0.6 is 0 Å². The molecule has 1 aromatic heterocycles. The van der Waals surface area contributed by atoms with Crippen molar-refractivity contribution in [2.75, 3.05) is 20.1 Å². The number of benzene rings is 3. The van der Waals surface area contributed by atoms with E-state index in [1.165, 1.54) is 29.2 Å². The van der Waals surface area contributed by atoms with Crippen LogP contribution in [0.25, 0.3) is 10.9 Å². The van der Waals surface area contributed by atoms with Gasteiger partial charge in [0.2, 0.25) is 17.7 Å². The number of alkyl halides is 2. The third kappa shape index (κ3) is 8.84. The Kier molecular flexibility index (Phi) is 11.6. The molecule has 4 amide bonds. The molecule has 5 N–H and O–H groups in total. The fraction of sp³-hybridized carbons (Fsp3) is 0.390. The highest BCUT2D eigenvalue weighted by Crippen LogP contribution is 2.32. The van der Waals surface area contributed by atoms with E-state index < -0.39 is 47.7 Å². The zero-order valence-corrected chi connectivity index (χ0v) is 30.4. The Labute approximate surface area is 312 Å². The molecular weight excluding hydrogens is 694 g/mol. The van der Waals surface area contributed by atoms with Crippen LogP contribution in [0.1, 0.15) is 78.5 Å². The standard InChI is InChI=1S/C41H46F2N6O5/c1-41(42,43)28-13-15-31-27(21-28)22-34(45-31)38(52)47-33-19-20-48(2)24-29-14-17-35(49(29)40(33)54)39(53)46-32(16-18-37(44)51)36(50)23-30(25-9-5-3-6-10-25)26-11-7-4-8-12-26/h3-13,15,21-22,29-30,32-33,35,45H,14,16-20,23-24H2,1-2H3,(H2,44,51)(H,46,53)(H,47,52)/t29-,32+,33+,35+/m1/s1. The lowest BCUT2D eigenvalue weighted by molar-refractivity contribution is -0.143. The number of nitrogens with one attached hydrogen (secondary N) is 3. The topological polar surface area (TPSA) is 158 Å². The van der Waals surface area contributed by atoms with Crippen molar-refractivity contribution < 1.29 is 32.8 Å². The molecule has 2 aliphatic rings. The molecule has 2 saturated heterocycles.